The smallest absolute Gasteiger partial charge is 0.0637 e. The van der Waals surface area contributed by atoms with Crippen LogP contribution in [-0.2, 0) is 9.47 Å². The number of rotatable bonds is 3. The van der Waals surface area contributed by atoms with Gasteiger partial charge in [-0.05, 0) is 26.3 Å². The van der Waals surface area contributed by atoms with Crippen LogP contribution in [0.4, 0.5) is 0 Å². The first-order valence-corrected chi connectivity index (χ1v) is 6.37. The third-order valence-corrected chi connectivity index (χ3v) is 3.98. The molecule has 2 atom stereocenters. The average molecular weight is 228 g/mol. The van der Waals surface area contributed by atoms with Crippen LogP contribution < -0.4 is 5.32 Å². The summed E-state index contributed by atoms with van der Waals surface area (Å²) >= 11 is 0. The lowest BCUT2D eigenvalue weighted by atomic mass is 9.98. The molecule has 0 aliphatic carbocycles. The highest BCUT2D eigenvalue weighted by atomic mass is 16.5. The second-order valence-electron chi connectivity index (χ2n) is 4.80. The Labute approximate surface area is 98.3 Å². The van der Waals surface area contributed by atoms with Gasteiger partial charge in [-0.25, -0.2) is 0 Å². The summed E-state index contributed by atoms with van der Waals surface area (Å²) in [6.07, 6.45) is 3.91. The third kappa shape index (κ3) is 2.74. The Hall–Kier alpha value is -0.160. The molecule has 2 heterocycles. The van der Waals surface area contributed by atoms with E-state index in [1.165, 1.54) is 0 Å². The minimum atomic E-state index is 0.466. The number of likely N-dealkylation sites (tertiary alicyclic amines) is 1. The summed E-state index contributed by atoms with van der Waals surface area (Å²) < 4.78 is 11.0. The van der Waals surface area contributed by atoms with Crippen LogP contribution >= 0.6 is 0 Å². The molecule has 2 fully saturated rings. The molecule has 4 heteroatoms. The first kappa shape index (κ1) is 12.3. The van der Waals surface area contributed by atoms with Gasteiger partial charge >= 0.3 is 0 Å². The highest BCUT2D eigenvalue weighted by molar-refractivity contribution is 4.88. The zero-order valence-electron chi connectivity index (χ0n) is 10.4. The van der Waals surface area contributed by atoms with Crippen molar-refractivity contribution >= 4 is 0 Å². The van der Waals surface area contributed by atoms with E-state index in [-0.39, 0.29) is 0 Å². The quantitative estimate of drug-likeness (QED) is 0.761. The highest BCUT2D eigenvalue weighted by Gasteiger charge is 2.32. The van der Waals surface area contributed by atoms with Crippen molar-refractivity contribution in [2.24, 2.45) is 0 Å². The van der Waals surface area contributed by atoms with E-state index < -0.39 is 0 Å². The summed E-state index contributed by atoms with van der Waals surface area (Å²) in [6, 6.07) is 1.14. The maximum absolute atomic E-state index is 5.61. The monoisotopic (exact) mass is 228 g/mol. The molecule has 2 aliphatic heterocycles. The Morgan fingerprint density at radius 1 is 1.25 bits per heavy atom. The average Bonchev–Trinajstić information content (AvgIpc) is 2.39. The summed E-state index contributed by atoms with van der Waals surface area (Å²) in [4.78, 5) is 2.57. The summed E-state index contributed by atoms with van der Waals surface area (Å²) in [5.41, 5.74) is 0. The molecule has 2 unspecified atom stereocenters. The SMILES string of the molecule is CNC1CCOCC1N1CCC(OC)CC1. The third-order valence-electron chi connectivity index (χ3n) is 3.98. The standard InChI is InChI=1S/C12H24N2O2/c1-13-11-5-8-16-9-12(11)14-6-3-10(15-2)4-7-14/h10-13H,3-9H2,1-2H3. The molecule has 2 aliphatic rings. The van der Waals surface area contributed by atoms with Crippen LogP contribution in [0.15, 0.2) is 0 Å². The van der Waals surface area contributed by atoms with Gasteiger partial charge in [0.15, 0.2) is 0 Å². The summed E-state index contributed by atoms with van der Waals surface area (Å²) in [6.45, 7) is 4.06. The molecular weight excluding hydrogens is 204 g/mol. The molecule has 0 saturated carbocycles. The van der Waals surface area contributed by atoms with Crippen molar-refractivity contribution < 1.29 is 9.47 Å². The number of nitrogens with one attached hydrogen (secondary N) is 1. The van der Waals surface area contributed by atoms with Crippen LogP contribution in [0.25, 0.3) is 0 Å². The second kappa shape index (κ2) is 5.96. The Balaban J connectivity index is 1.86. The number of nitrogens with zero attached hydrogens (tertiary/aromatic N) is 1. The van der Waals surface area contributed by atoms with Crippen LogP contribution in [0, 0.1) is 0 Å². The minimum absolute atomic E-state index is 0.466. The number of ether oxygens (including phenoxy) is 2. The van der Waals surface area contributed by atoms with Crippen LogP contribution in [0.5, 0.6) is 0 Å². The van der Waals surface area contributed by atoms with Gasteiger partial charge in [-0.15, -0.1) is 0 Å². The van der Waals surface area contributed by atoms with Crippen molar-refractivity contribution in [1.82, 2.24) is 10.2 Å². The van der Waals surface area contributed by atoms with Gasteiger partial charge < -0.3 is 14.8 Å². The lowest BCUT2D eigenvalue weighted by Crippen LogP contribution is -2.56. The first-order chi connectivity index (χ1) is 7.85. The van der Waals surface area contributed by atoms with Crippen LogP contribution in [0.2, 0.25) is 0 Å². The predicted octanol–water partition coefficient (Wildman–Crippen LogP) is 0.474. The highest BCUT2D eigenvalue weighted by Crippen LogP contribution is 2.20. The van der Waals surface area contributed by atoms with Gasteiger partial charge in [-0.2, -0.15) is 0 Å². The van der Waals surface area contributed by atoms with Gasteiger partial charge in [-0.1, -0.05) is 0 Å². The maximum Gasteiger partial charge on any atom is 0.0637 e. The molecule has 0 aromatic heterocycles. The fraction of sp³-hybridized carbons (Fsp3) is 1.00. The number of hydrogen-bond donors (Lipinski definition) is 1. The summed E-state index contributed by atoms with van der Waals surface area (Å²) in [5, 5.41) is 3.42. The Bertz CT molecular complexity index is 205. The van der Waals surface area contributed by atoms with Crippen molar-refractivity contribution in [3.05, 3.63) is 0 Å². The van der Waals surface area contributed by atoms with E-state index >= 15 is 0 Å². The van der Waals surface area contributed by atoms with E-state index in [1.807, 2.05) is 7.11 Å². The van der Waals surface area contributed by atoms with Gasteiger partial charge in [0.1, 0.15) is 0 Å². The maximum atomic E-state index is 5.61. The zero-order valence-corrected chi connectivity index (χ0v) is 10.4. The Morgan fingerprint density at radius 3 is 2.62 bits per heavy atom. The predicted molar refractivity (Wildman–Crippen MR) is 63.7 cm³/mol. The van der Waals surface area contributed by atoms with Crippen molar-refractivity contribution in [3.63, 3.8) is 0 Å². The molecule has 0 bridgehead atoms. The van der Waals surface area contributed by atoms with E-state index in [0.29, 0.717) is 18.2 Å². The number of piperidine rings is 1. The molecule has 0 aromatic carbocycles. The Kier molecular flexibility index (Phi) is 4.58. The van der Waals surface area contributed by atoms with Gasteiger partial charge in [0.2, 0.25) is 0 Å². The Morgan fingerprint density at radius 2 is 2.00 bits per heavy atom. The molecule has 0 radical (unpaired) electrons. The minimum Gasteiger partial charge on any atom is -0.381 e. The number of methoxy groups -OCH3 is 1. The fourth-order valence-electron chi connectivity index (χ4n) is 2.86. The molecule has 1 N–H and O–H groups in total. The molecule has 0 aromatic rings. The lowest BCUT2D eigenvalue weighted by molar-refractivity contribution is -0.0315. The van der Waals surface area contributed by atoms with Gasteiger partial charge in [-0.3, -0.25) is 4.90 Å². The van der Waals surface area contributed by atoms with Crippen molar-refractivity contribution in [2.45, 2.75) is 37.5 Å². The first-order valence-electron chi connectivity index (χ1n) is 6.37. The van der Waals surface area contributed by atoms with Crippen molar-refractivity contribution in [1.29, 1.82) is 0 Å². The van der Waals surface area contributed by atoms with Crippen molar-refractivity contribution in [2.75, 3.05) is 40.5 Å². The van der Waals surface area contributed by atoms with Crippen LogP contribution in [0.1, 0.15) is 19.3 Å². The van der Waals surface area contributed by atoms with Crippen LogP contribution in [-0.4, -0.2) is 63.5 Å². The summed E-state index contributed by atoms with van der Waals surface area (Å²) in [7, 11) is 3.88. The largest absolute Gasteiger partial charge is 0.381 e. The van der Waals surface area contributed by atoms with E-state index in [1.54, 1.807) is 0 Å². The van der Waals surface area contributed by atoms with Crippen molar-refractivity contribution in [3.8, 4) is 0 Å². The van der Waals surface area contributed by atoms with Gasteiger partial charge in [0, 0.05) is 38.9 Å². The van der Waals surface area contributed by atoms with E-state index in [9.17, 15) is 0 Å². The molecule has 2 rings (SSSR count). The number of likely N-dealkylation sites (N-methyl/N-ethyl adjacent to an activating group) is 1. The molecule has 16 heavy (non-hydrogen) atoms. The molecule has 2 saturated heterocycles. The van der Waals surface area contributed by atoms with E-state index in [0.717, 1.165) is 45.6 Å². The summed E-state index contributed by atoms with van der Waals surface area (Å²) in [5.74, 6) is 0. The fourth-order valence-corrected chi connectivity index (χ4v) is 2.86. The zero-order chi connectivity index (χ0) is 11.4. The molecule has 0 spiro atoms. The van der Waals surface area contributed by atoms with Gasteiger partial charge in [0.05, 0.1) is 12.7 Å². The topological polar surface area (TPSA) is 33.7 Å². The molecular formula is C12H24N2O2. The van der Waals surface area contributed by atoms with E-state index in [2.05, 4.69) is 17.3 Å². The normalized spacial score (nSPS) is 34.1. The molecule has 94 valence electrons. The second-order valence-corrected chi connectivity index (χ2v) is 4.80. The lowest BCUT2D eigenvalue weighted by Gasteiger charge is -2.42. The van der Waals surface area contributed by atoms with Crippen LogP contribution in [0.3, 0.4) is 0 Å². The number of hydrogen-bond acceptors (Lipinski definition) is 4. The van der Waals surface area contributed by atoms with Gasteiger partial charge in [0.25, 0.3) is 0 Å². The molecule has 0 amide bonds. The molecule has 4 nitrogen and oxygen atoms in total. The van der Waals surface area contributed by atoms with E-state index in [4.69, 9.17) is 9.47 Å².